The summed E-state index contributed by atoms with van der Waals surface area (Å²) in [5.41, 5.74) is 1.61. The van der Waals surface area contributed by atoms with Gasteiger partial charge in [-0.1, -0.05) is 19.2 Å². The van der Waals surface area contributed by atoms with Gasteiger partial charge in [0.15, 0.2) is 0 Å². The highest BCUT2D eigenvalue weighted by Crippen LogP contribution is 2.37. The summed E-state index contributed by atoms with van der Waals surface area (Å²) in [4.78, 5) is 24.3. The Labute approximate surface area is 153 Å². The van der Waals surface area contributed by atoms with Crippen LogP contribution >= 0.6 is 0 Å². The van der Waals surface area contributed by atoms with E-state index in [9.17, 15) is 19.8 Å². The summed E-state index contributed by atoms with van der Waals surface area (Å²) in [6.45, 7) is 12.7. The molecule has 6 heteroatoms. The summed E-state index contributed by atoms with van der Waals surface area (Å²) >= 11 is 0. The second-order valence-electron chi connectivity index (χ2n) is 6.88. The van der Waals surface area contributed by atoms with Crippen LogP contribution in [0.1, 0.15) is 33.6 Å². The lowest BCUT2D eigenvalue weighted by atomic mass is 9.83. The molecule has 0 spiro atoms. The van der Waals surface area contributed by atoms with Gasteiger partial charge in [0.1, 0.15) is 12.2 Å². The zero-order valence-electron chi connectivity index (χ0n) is 15.4. The molecule has 2 N–H and O–H groups in total. The zero-order valence-corrected chi connectivity index (χ0v) is 15.4. The average molecular weight is 362 g/mol. The molecule has 1 saturated heterocycles. The van der Waals surface area contributed by atoms with Gasteiger partial charge in [0.2, 0.25) is 0 Å². The molecule has 1 fully saturated rings. The van der Waals surface area contributed by atoms with Crippen molar-refractivity contribution in [2.45, 2.75) is 58.0 Å². The van der Waals surface area contributed by atoms with Gasteiger partial charge in [0, 0.05) is 24.0 Å². The number of esters is 2. The maximum atomic E-state index is 12.3. The molecule has 0 aromatic carbocycles. The summed E-state index contributed by atoms with van der Waals surface area (Å²) < 4.78 is 11.0. The first-order valence-corrected chi connectivity index (χ1v) is 8.61. The summed E-state index contributed by atoms with van der Waals surface area (Å²) in [7, 11) is 0. The van der Waals surface area contributed by atoms with Crippen molar-refractivity contribution in [1.82, 2.24) is 0 Å². The van der Waals surface area contributed by atoms with E-state index in [4.69, 9.17) is 9.47 Å². The first-order chi connectivity index (χ1) is 12.1. The third-order valence-corrected chi connectivity index (χ3v) is 5.01. The van der Waals surface area contributed by atoms with Gasteiger partial charge in [0.05, 0.1) is 18.1 Å². The molecule has 26 heavy (non-hydrogen) atoms. The lowest BCUT2D eigenvalue weighted by Crippen LogP contribution is -2.36. The predicted molar refractivity (Wildman–Crippen MR) is 96.0 cm³/mol. The number of hydrogen-bond donors (Lipinski definition) is 2. The fourth-order valence-electron chi connectivity index (χ4n) is 3.10. The minimum Gasteiger partial charge on any atom is -0.458 e. The van der Waals surface area contributed by atoms with Crippen LogP contribution in [0.3, 0.4) is 0 Å². The van der Waals surface area contributed by atoms with Crippen LogP contribution in [0, 0.1) is 5.92 Å². The van der Waals surface area contributed by atoms with Crippen molar-refractivity contribution in [3.05, 3.63) is 47.6 Å². The second kappa shape index (κ2) is 8.01. The van der Waals surface area contributed by atoms with Crippen LogP contribution in [-0.4, -0.2) is 46.6 Å². The van der Waals surface area contributed by atoms with Gasteiger partial charge in [-0.15, -0.1) is 0 Å². The van der Waals surface area contributed by atoms with Gasteiger partial charge in [-0.05, 0) is 38.0 Å². The maximum Gasteiger partial charge on any atom is 0.334 e. The molecule has 0 aromatic heterocycles. The molecule has 1 aliphatic carbocycles. The summed E-state index contributed by atoms with van der Waals surface area (Å²) in [5.74, 6) is -1.68. The monoisotopic (exact) mass is 362 g/mol. The van der Waals surface area contributed by atoms with E-state index >= 15 is 0 Å². The Morgan fingerprint density at radius 1 is 1.35 bits per heavy atom. The predicted octanol–water partition coefficient (Wildman–Crippen LogP) is 1.98. The molecule has 0 aromatic rings. The van der Waals surface area contributed by atoms with Crippen LogP contribution in [0.25, 0.3) is 0 Å². The third kappa shape index (κ3) is 4.14. The van der Waals surface area contributed by atoms with Gasteiger partial charge >= 0.3 is 11.9 Å². The van der Waals surface area contributed by atoms with Crippen LogP contribution in [0.2, 0.25) is 0 Å². The zero-order chi connectivity index (χ0) is 19.6. The Hall–Kier alpha value is -2.18. The van der Waals surface area contributed by atoms with E-state index in [1.165, 1.54) is 0 Å². The molecule has 0 saturated carbocycles. The smallest absolute Gasteiger partial charge is 0.334 e. The Kier molecular flexibility index (Phi) is 6.21. The largest absolute Gasteiger partial charge is 0.458 e. The number of aliphatic hydroxyl groups is 2. The van der Waals surface area contributed by atoms with E-state index in [0.29, 0.717) is 16.7 Å². The van der Waals surface area contributed by atoms with Crippen molar-refractivity contribution in [2.75, 3.05) is 0 Å². The number of rotatable bonds is 2. The van der Waals surface area contributed by atoms with E-state index in [0.717, 1.165) is 0 Å². The quantitative estimate of drug-likeness (QED) is 0.443. The number of fused-ring (bicyclic) bond motifs is 1. The van der Waals surface area contributed by atoms with Gasteiger partial charge in [0.25, 0.3) is 0 Å². The average Bonchev–Trinajstić information content (AvgIpc) is 2.86. The van der Waals surface area contributed by atoms with Crippen molar-refractivity contribution in [2.24, 2.45) is 5.92 Å². The Morgan fingerprint density at radius 2 is 2.00 bits per heavy atom. The molecule has 6 nitrogen and oxygen atoms in total. The topological polar surface area (TPSA) is 93.1 Å². The molecule has 0 unspecified atom stereocenters. The van der Waals surface area contributed by atoms with Crippen LogP contribution < -0.4 is 0 Å². The van der Waals surface area contributed by atoms with Crippen LogP contribution in [0.15, 0.2) is 47.6 Å². The van der Waals surface area contributed by atoms with Crippen LogP contribution in [0.5, 0.6) is 0 Å². The van der Waals surface area contributed by atoms with Crippen molar-refractivity contribution in [3.63, 3.8) is 0 Å². The molecule has 5 atom stereocenters. The molecule has 1 aliphatic heterocycles. The molecule has 2 rings (SSSR count). The van der Waals surface area contributed by atoms with Crippen molar-refractivity contribution >= 4 is 11.9 Å². The van der Waals surface area contributed by atoms with Gasteiger partial charge in [-0.2, -0.15) is 0 Å². The lowest BCUT2D eigenvalue weighted by molar-refractivity contribution is -0.147. The number of ether oxygens (including phenoxy) is 2. The van der Waals surface area contributed by atoms with Crippen molar-refractivity contribution in [1.29, 1.82) is 0 Å². The molecule has 0 radical (unpaired) electrons. The van der Waals surface area contributed by atoms with E-state index in [-0.39, 0.29) is 18.4 Å². The minimum absolute atomic E-state index is 0.0714. The number of carbonyl (C=O) groups is 2. The Balaban J connectivity index is 2.45. The highest BCUT2D eigenvalue weighted by molar-refractivity contribution is 5.92. The van der Waals surface area contributed by atoms with E-state index in [2.05, 4.69) is 13.2 Å². The summed E-state index contributed by atoms with van der Waals surface area (Å²) in [5, 5.41) is 20.5. The molecular weight excluding hydrogens is 336 g/mol. The van der Waals surface area contributed by atoms with Gasteiger partial charge in [-0.3, -0.25) is 0 Å². The second-order valence-corrected chi connectivity index (χ2v) is 6.88. The van der Waals surface area contributed by atoms with E-state index in [1.54, 1.807) is 32.9 Å². The molecule has 1 heterocycles. The summed E-state index contributed by atoms with van der Waals surface area (Å²) in [6.07, 6.45) is 0.173. The molecule has 142 valence electrons. The first-order valence-electron chi connectivity index (χ1n) is 8.61. The number of aliphatic hydroxyl groups excluding tert-OH is 2. The number of hydrogen-bond acceptors (Lipinski definition) is 6. The Morgan fingerprint density at radius 3 is 2.62 bits per heavy atom. The maximum absolute atomic E-state index is 12.3. The van der Waals surface area contributed by atoms with Crippen LogP contribution in [-0.2, 0) is 19.1 Å². The molecule has 0 bridgehead atoms. The van der Waals surface area contributed by atoms with Crippen LogP contribution in [0.4, 0.5) is 0 Å². The SMILES string of the molecule is C=C1C(=O)O[C@H]2/C=C(/C)[C@@H](O)C[C@@H](O)C(=C)C[C@@H](OC(=O)/C(C)=C/C)[C@H]12. The fourth-order valence-corrected chi connectivity index (χ4v) is 3.10. The Bertz CT molecular complexity index is 686. The normalized spacial score (nSPS) is 35.3. The highest BCUT2D eigenvalue weighted by atomic mass is 16.6. The first kappa shape index (κ1) is 20.1. The number of allylic oxidation sites excluding steroid dienone is 1. The van der Waals surface area contributed by atoms with E-state index in [1.807, 2.05) is 0 Å². The van der Waals surface area contributed by atoms with Crippen molar-refractivity contribution < 1.29 is 29.3 Å². The lowest BCUT2D eigenvalue weighted by Gasteiger charge is -2.30. The fraction of sp³-hybridized carbons (Fsp3) is 0.500. The van der Waals surface area contributed by atoms with Crippen molar-refractivity contribution in [3.8, 4) is 0 Å². The minimum atomic E-state index is -0.958. The molecule has 2 aliphatic rings. The van der Waals surface area contributed by atoms with Gasteiger partial charge in [-0.25, -0.2) is 9.59 Å². The van der Waals surface area contributed by atoms with Gasteiger partial charge < -0.3 is 19.7 Å². The van der Waals surface area contributed by atoms with E-state index < -0.39 is 42.3 Å². The standard InChI is InChI=1S/C20H26O6/c1-6-10(2)19(23)25-16-7-11(3)14(21)9-15(22)12(4)8-17-18(16)13(5)20(24)26-17/h6,8,14-18,21-22H,3,5,7,9H2,1-2,4H3/b10-6+,12-8-/t14-,15+,16-,17+,18+/m1/s1. The molecular formula is C20H26O6. The highest BCUT2D eigenvalue weighted by Gasteiger charge is 2.45. The summed E-state index contributed by atoms with van der Waals surface area (Å²) in [6, 6.07) is 0. The number of carbonyl (C=O) groups excluding carboxylic acids is 2. The molecule has 0 amide bonds. The third-order valence-electron chi connectivity index (χ3n) is 5.01.